The van der Waals surface area contributed by atoms with Crippen LogP contribution in [0.2, 0.25) is 0 Å². The Morgan fingerprint density at radius 1 is 1.29 bits per heavy atom. The van der Waals surface area contributed by atoms with Crippen molar-refractivity contribution in [2.24, 2.45) is 0 Å². The second-order valence-electron chi connectivity index (χ2n) is 4.06. The first-order valence-electron chi connectivity index (χ1n) is 5.39. The minimum atomic E-state index is 0.477. The molecule has 0 aromatic heterocycles. The van der Waals surface area contributed by atoms with Gasteiger partial charge in [-0.05, 0) is 24.5 Å². The van der Waals surface area contributed by atoms with E-state index in [1.165, 1.54) is 29.5 Å². The molecule has 1 aromatic rings. The molecule has 0 spiro atoms. The smallest absolute Gasteiger partial charge is 0.00143 e. The Balaban J connectivity index is 2.77. The van der Waals surface area contributed by atoms with Crippen LogP contribution in [0.15, 0.2) is 36.4 Å². The maximum Gasteiger partial charge on any atom is 0.00143 e. The summed E-state index contributed by atoms with van der Waals surface area (Å²) in [6.45, 7) is 10.5. The highest BCUT2D eigenvalue weighted by atomic mass is 14.1. The van der Waals surface area contributed by atoms with E-state index in [0.717, 1.165) is 0 Å². The normalized spacial score (nSPS) is 12.5. The second-order valence-corrected chi connectivity index (χ2v) is 4.06. The van der Waals surface area contributed by atoms with Gasteiger partial charge in [-0.1, -0.05) is 56.7 Å². The molecule has 0 bridgehead atoms. The van der Waals surface area contributed by atoms with Crippen LogP contribution in [-0.4, -0.2) is 0 Å². The van der Waals surface area contributed by atoms with Gasteiger partial charge in [-0.15, -0.1) is 0 Å². The Labute approximate surface area is 87.7 Å². The Hall–Kier alpha value is -1.04. The molecular formula is C14H20. The highest BCUT2D eigenvalue weighted by Crippen LogP contribution is 2.22. The van der Waals surface area contributed by atoms with E-state index >= 15 is 0 Å². The van der Waals surface area contributed by atoms with Crippen LogP contribution in [-0.2, 0) is 6.42 Å². The molecule has 0 aliphatic heterocycles. The van der Waals surface area contributed by atoms with Crippen molar-refractivity contribution >= 4 is 0 Å². The van der Waals surface area contributed by atoms with Crippen molar-refractivity contribution in [3.63, 3.8) is 0 Å². The number of allylic oxidation sites excluding steroid dienone is 1. The number of benzene rings is 1. The quantitative estimate of drug-likeness (QED) is 0.617. The van der Waals surface area contributed by atoms with E-state index in [2.05, 4.69) is 51.6 Å². The summed E-state index contributed by atoms with van der Waals surface area (Å²) in [4.78, 5) is 0. The van der Waals surface area contributed by atoms with Gasteiger partial charge in [0.25, 0.3) is 0 Å². The van der Waals surface area contributed by atoms with Crippen LogP contribution in [0.1, 0.15) is 44.2 Å². The van der Waals surface area contributed by atoms with Gasteiger partial charge in [0, 0.05) is 5.92 Å². The predicted molar refractivity (Wildman–Crippen MR) is 63.7 cm³/mol. The Bertz CT molecular complexity index is 292. The molecule has 1 unspecified atom stereocenters. The largest absolute Gasteiger partial charge is 0.0995 e. The molecule has 0 heteroatoms. The van der Waals surface area contributed by atoms with Gasteiger partial charge in [-0.3, -0.25) is 0 Å². The van der Waals surface area contributed by atoms with Crippen molar-refractivity contribution in [2.45, 2.75) is 39.5 Å². The fourth-order valence-electron chi connectivity index (χ4n) is 1.55. The average molecular weight is 188 g/mol. The van der Waals surface area contributed by atoms with Crippen molar-refractivity contribution in [1.82, 2.24) is 0 Å². The molecule has 0 aliphatic carbocycles. The summed E-state index contributed by atoms with van der Waals surface area (Å²) < 4.78 is 0. The van der Waals surface area contributed by atoms with Gasteiger partial charge in [-0.2, -0.15) is 0 Å². The zero-order valence-corrected chi connectivity index (χ0v) is 9.51. The number of aryl methyl sites for hydroxylation is 1. The zero-order chi connectivity index (χ0) is 10.6. The zero-order valence-electron chi connectivity index (χ0n) is 9.51. The van der Waals surface area contributed by atoms with Gasteiger partial charge >= 0.3 is 0 Å². The highest BCUT2D eigenvalue weighted by Gasteiger charge is 2.04. The fraction of sp³-hybridized carbons (Fsp3) is 0.429. The molecule has 0 N–H and O–H groups in total. The summed E-state index contributed by atoms with van der Waals surface area (Å²) in [5.74, 6) is 0.477. The van der Waals surface area contributed by atoms with Gasteiger partial charge in [0.1, 0.15) is 0 Å². The predicted octanol–water partition coefficient (Wildman–Crippen LogP) is 4.32. The number of hydrogen-bond donors (Lipinski definition) is 0. The first-order valence-corrected chi connectivity index (χ1v) is 5.39. The Morgan fingerprint density at radius 3 is 2.29 bits per heavy atom. The molecule has 76 valence electrons. The van der Waals surface area contributed by atoms with Crippen LogP contribution in [0.25, 0.3) is 0 Å². The fourth-order valence-corrected chi connectivity index (χ4v) is 1.55. The highest BCUT2D eigenvalue weighted by molar-refractivity contribution is 5.29. The molecule has 14 heavy (non-hydrogen) atoms. The van der Waals surface area contributed by atoms with E-state index in [9.17, 15) is 0 Å². The van der Waals surface area contributed by atoms with Crippen molar-refractivity contribution in [3.8, 4) is 0 Å². The van der Waals surface area contributed by atoms with Crippen LogP contribution < -0.4 is 0 Å². The topological polar surface area (TPSA) is 0 Å². The average Bonchev–Trinajstić information content (AvgIpc) is 2.18. The SMILES string of the molecule is C=C(C)C(C)c1ccc(CCC)cc1. The number of hydrogen-bond acceptors (Lipinski definition) is 0. The molecule has 0 aliphatic rings. The van der Waals surface area contributed by atoms with Gasteiger partial charge < -0.3 is 0 Å². The molecule has 1 rings (SSSR count). The molecule has 0 radical (unpaired) electrons. The maximum atomic E-state index is 3.99. The number of rotatable bonds is 4. The van der Waals surface area contributed by atoms with Crippen molar-refractivity contribution in [2.75, 3.05) is 0 Å². The second kappa shape index (κ2) is 4.99. The molecule has 0 heterocycles. The van der Waals surface area contributed by atoms with Gasteiger partial charge in [0.2, 0.25) is 0 Å². The summed E-state index contributed by atoms with van der Waals surface area (Å²) in [5.41, 5.74) is 4.04. The molecule has 0 saturated heterocycles. The van der Waals surface area contributed by atoms with E-state index in [4.69, 9.17) is 0 Å². The van der Waals surface area contributed by atoms with E-state index in [-0.39, 0.29) is 0 Å². The van der Waals surface area contributed by atoms with Gasteiger partial charge in [0.15, 0.2) is 0 Å². The molecule has 0 nitrogen and oxygen atoms in total. The van der Waals surface area contributed by atoms with Crippen molar-refractivity contribution < 1.29 is 0 Å². The molecule has 0 saturated carbocycles. The monoisotopic (exact) mass is 188 g/mol. The minimum absolute atomic E-state index is 0.477. The van der Waals surface area contributed by atoms with E-state index in [0.29, 0.717) is 5.92 Å². The standard InChI is InChI=1S/C14H20/c1-5-6-13-7-9-14(10-8-13)12(4)11(2)3/h7-10,12H,2,5-6H2,1,3-4H3. The van der Waals surface area contributed by atoms with E-state index < -0.39 is 0 Å². The summed E-state index contributed by atoms with van der Waals surface area (Å²) in [6, 6.07) is 8.92. The van der Waals surface area contributed by atoms with Crippen molar-refractivity contribution in [3.05, 3.63) is 47.5 Å². The van der Waals surface area contributed by atoms with Gasteiger partial charge in [0.05, 0.1) is 0 Å². The van der Waals surface area contributed by atoms with Crippen LogP contribution in [0.3, 0.4) is 0 Å². The Morgan fingerprint density at radius 2 is 1.86 bits per heavy atom. The lowest BCUT2D eigenvalue weighted by Gasteiger charge is -2.11. The van der Waals surface area contributed by atoms with Crippen LogP contribution in [0, 0.1) is 0 Å². The lowest BCUT2D eigenvalue weighted by atomic mass is 9.94. The maximum absolute atomic E-state index is 3.99. The van der Waals surface area contributed by atoms with E-state index in [1.807, 2.05) is 0 Å². The third-order valence-electron chi connectivity index (χ3n) is 2.76. The molecule has 0 fully saturated rings. The lowest BCUT2D eigenvalue weighted by molar-refractivity contribution is 0.887. The first kappa shape index (κ1) is 11.0. The van der Waals surface area contributed by atoms with Crippen molar-refractivity contribution in [1.29, 1.82) is 0 Å². The molecular weight excluding hydrogens is 168 g/mol. The lowest BCUT2D eigenvalue weighted by Crippen LogP contribution is -1.94. The van der Waals surface area contributed by atoms with Gasteiger partial charge in [-0.25, -0.2) is 0 Å². The first-order chi connectivity index (χ1) is 6.65. The third-order valence-corrected chi connectivity index (χ3v) is 2.76. The summed E-state index contributed by atoms with van der Waals surface area (Å²) in [6.07, 6.45) is 2.40. The van der Waals surface area contributed by atoms with E-state index in [1.54, 1.807) is 0 Å². The van der Waals surface area contributed by atoms with Crippen LogP contribution in [0.5, 0.6) is 0 Å². The summed E-state index contributed by atoms with van der Waals surface area (Å²) in [7, 11) is 0. The molecule has 1 atom stereocenters. The van der Waals surface area contributed by atoms with Crippen LogP contribution in [0.4, 0.5) is 0 Å². The summed E-state index contributed by atoms with van der Waals surface area (Å²) >= 11 is 0. The third kappa shape index (κ3) is 2.73. The summed E-state index contributed by atoms with van der Waals surface area (Å²) in [5, 5.41) is 0. The van der Waals surface area contributed by atoms with Crippen LogP contribution >= 0.6 is 0 Å². The molecule has 1 aromatic carbocycles. The Kier molecular flexibility index (Phi) is 3.94. The molecule has 0 amide bonds. The minimum Gasteiger partial charge on any atom is -0.0995 e.